The molecule has 0 atom stereocenters. The Kier molecular flexibility index (Phi) is 2.95. The van der Waals surface area contributed by atoms with Crippen LogP contribution in [-0.4, -0.2) is 13.1 Å². The summed E-state index contributed by atoms with van der Waals surface area (Å²) in [6.07, 6.45) is 1.50. The minimum Gasteiger partial charge on any atom is -0.465 e. The summed E-state index contributed by atoms with van der Waals surface area (Å²) in [5, 5.41) is 0. The number of furan rings is 1. The van der Waals surface area contributed by atoms with E-state index in [1.165, 1.54) is 13.4 Å². The maximum absolute atomic E-state index is 13.7. The van der Waals surface area contributed by atoms with Gasteiger partial charge in [0.15, 0.2) is 0 Å². The van der Waals surface area contributed by atoms with Gasteiger partial charge in [0.05, 0.1) is 18.9 Å². The van der Waals surface area contributed by atoms with E-state index >= 15 is 0 Å². The van der Waals surface area contributed by atoms with E-state index in [9.17, 15) is 9.18 Å². The minimum absolute atomic E-state index is 0.169. The smallest absolute Gasteiger partial charge is 0.337 e. The number of rotatable bonds is 2. The zero-order chi connectivity index (χ0) is 12.4. The Morgan fingerprint density at radius 1 is 1.41 bits per heavy atom. The SMILES string of the molecule is COC(=O)c1cc(F)c(C)c(-c2ccco2)c1. The number of carbonyl (C=O) groups is 1. The third-order valence-electron chi connectivity index (χ3n) is 2.55. The summed E-state index contributed by atoms with van der Waals surface area (Å²) in [6.45, 7) is 1.63. The van der Waals surface area contributed by atoms with Gasteiger partial charge in [0.1, 0.15) is 11.6 Å². The van der Waals surface area contributed by atoms with E-state index in [4.69, 9.17) is 4.42 Å². The first kappa shape index (κ1) is 11.4. The van der Waals surface area contributed by atoms with Crippen molar-refractivity contribution >= 4 is 5.97 Å². The molecule has 0 N–H and O–H groups in total. The van der Waals surface area contributed by atoms with Crippen molar-refractivity contribution in [1.29, 1.82) is 0 Å². The van der Waals surface area contributed by atoms with Crippen LogP contribution in [0.3, 0.4) is 0 Å². The van der Waals surface area contributed by atoms with Crippen LogP contribution < -0.4 is 0 Å². The van der Waals surface area contributed by atoms with Gasteiger partial charge in [-0.2, -0.15) is 0 Å². The lowest BCUT2D eigenvalue weighted by Gasteiger charge is -2.07. The van der Waals surface area contributed by atoms with Gasteiger partial charge in [-0.05, 0) is 36.8 Å². The van der Waals surface area contributed by atoms with Crippen LogP contribution in [0.4, 0.5) is 4.39 Å². The number of hydrogen-bond donors (Lipinski definition) is 0. The molecule has 1 aromatic carbocycles. The van der Waals surface area contributed by atoms with Crippen LogP contribution in [0, 0.1) is 12.7 Å². The number of carbonyl (C=O) groups excluding carboxylic acids is 1. The summed E-state index contributed by atoms with van der Waals surface area (Å²) in [4.78, 5) is 11.4. The van der Waals surface area contributed by atoms with Gasteiger partial charge in [-0.1, -0.05) is 0 Å². The highest BCUT2D eigenvalue weighted by molar-refractivity contribution is 5.91. The molecular weight excluding hydrogens is 223 g/mol. The Hall–Kier alpha value is -2.10. The normalized spacial score (nSPS) is 10.3. The van der Waals surface area contributed by atoms with Crippen LogP contribution >= 0.6 is 0 Å². The van der Waals surface area contributed by atoms with Crippen LogP contribution in [0.5, 0.6) is 0 Å². The predicted octanol–water partition coefficient (Wildman–Crippen LogP) is 3.18. The first-order valence-corrected chi connectivity index (χ1v) is 5.06. The summed E-state index contributed by atoms with van der Waals surface area (Å²) in [6, 6.07) is 6.14. The van der Waals surface area contributed by atoms with Gasteiger partial charge in [-0.3, -0.25) is 0 Å². The van der Waals surface area contributed by atoms with E-state index in [0.29, 0.717) is 16.9 Å². The Morgan fingerprint density at radius 3 is 2.76 bits per heavy atom. The van der Waals surface area contributed by atoms with E-state index in [1.807, 2.05) is 0 Å². The van der Waals surface area contributed by atoms with Gasteiger partial charge in [0.25, 0.3) is 0 Å². The standard InChI is InChI=1S/C13H11FO3/c1-8-10(12-4-3-5-17-12)6-9(7-11(8)14)13(15)16-2/h3-7H,1-2H3. The van der Waals surface area contributed by atoms with Crippen molar-refractivity contribution in [2.24, 2.45) is 0 Å². The van der Waals surface area contributed by atoms with Crippen molar-refractivity contribution in [3.05, 3.63) is 47.5 Å². The summed E-state index contributed by atoms with van der Waals surface area (Å²) in [5.74, 6) is -0.511. The van der Waals surface area contributed by atoms with E-state index in [-0.39, 0.29) is 5.56 Å². The Morgan fingerprint density at radius 2 is 2.18 bits per heavy atom. The fourth-order valence-electron chi connectivity index (χ4n) is 1.60. The molecule has 0 aliphatic heterocycles. The lowest BCUT2D eigenvalue weighted by molar-refractivity contribution is 0.0600. The van der Waals surface area contributed by atoms with Gasteiger partial charge in [-0.15, -0.1) is 0 Å². The monoisotopic (exact) mass is 234 g/mol. The van der Waals surface area contributed by atoms with E-state index < -0.39 is 11.8 Å². The summed E-state index contributed by atoms with van der Waals surface area (Å²) >= 11 is 0. The summed E-state index contributed by atoms with van der Waals surface area (Å²) in [5.41, 5.74) is 1.16. The number of methoxy groups -OCH3 is 1. The van der Waals surface area contributed by atoms with E-state index in [0.717, 1.165) is 6.07 Å². The molecule has 3 nitrogen and oxygen atoms in total. The molecule has 0 bridgehead atoms. The lowest BCUT2D eigenvalue weighted by atomic mass is 10.0. The zero-order valence-electron chi connectivity index (χ0n) is 9.49. The number of hydrogen-bond acceptors (Lipinski definition) is 3. The largest absolute Gasteiger partial charge is 0.465 e. The van der Waals surface area contributed by atoms with Crippen molar-refractivity contribution in [3.63, 3.8) is 0 Å². The number of benzene rings is 1. The number of ether oxygens (including phenoxy) is 1. The molecule has 0 saturated heterocycles. The fourth-order valence-corrected chi connectivity index (χ4v) is 1.60. The van der Waals surface area contributed by atoms with Gasteiger partial charge in [0.2, 0.25) is 0 Å². The van der Waals surface area contributed by atoms with Crippen molar-refractivity contribution in [2.45, 2.75) is 6.92 Å². The molecule has 4 heteroatoms. The molecule has 2 aromatic rings. The van der Waals surface area contributed by atoms with E-state index in [2.05, 4.69) is 4.74 Å². The molecular formula is C13H11FO3. The van der Waals surface area contributed by atoms with Crippen molar-refractivity contribution < 1.29 is 18.3 Å². The first-order chi connectivity index (χ1) is 8.13. The molecule has 0 spiro atoms. The number of esters is 1. The van der Waals surface area contributed by atoms with Crippen LogP contribution in [0.25, 0.3) is 11.3 Å². The van der Waals surface area contributed by atoms with Crippen LogP contribution in [-0.2, 0) is 4.74 Å². The molecule has 1 aromatic heterocycles. The van der Waals surface area contributed by atoms with Crippen LogP contribution in [0.15, 0.2) is 34.9 Å². The fraction of sp³-hybridized carbons (Fsp3) is 0.154. The highest BCUT2D eigenvalue weighted by Gasteiger charge is 2.15. The highest BCUT2D eigenvalue weighted by Crippen LogP contribution is 2.27. The first-order valence-electron chi connectivity index (χ1n) is 5.06. The zero-order valence-corrected chi connectivity index (χ0v) is 9.49. The Balaban J connectivity index is 2.59. The molecule has 0 aliphatic rings. The maximum Gasteiger partial charge on any atom is 0.337 e. The van der Waals surface area contributed by atoms with Gasteiger partial charge in [0, 0.05) is 5.56 Å². The topological polar surface area (TPSA) is 39.4 Å². The molecule has 88 valence electrons. The maximum atomic E-state index is 13.7. The van der Waals surface area contributed by atoms with Crippen molar-refractivity contribution in [1.82, 2.24) is 0 Å². The Bertz CT molecular complexity index is 544. The molecule has 0 unspecified atom stereocenters. The van der Waals surface area contributed by atoms with Crippen LogP contribution in [0.1, 0.15) is 15.9 Å². The number of halogens is 1. The Labute approximate surface area is 97.8 Å². The summed E-state index contributed by atoms with van der Waals surface area (Å²) < 4.78 is 23.5. The highest BCUT2D eigenvalue weighted by atomic mass is 19.1. The molecule has 0 fully saturated rings. The van der Waals surface area contributed by atoms with Crippen molar-refractivity contribution in [2.75, 3.05) is 7.11 Å². The molecule has 1 heterocycles. The third kappa shape index (κ3) is 2.06. The van der Waals surface area contributed by atoms with Gasteiger partial charge >= 0.3 is 5.97 Å². The second-order valence-corrected chi connectivity index (χ2v) is 3.60. The predicted molar refractivity (Wildman–Crippen MR) is 60.2 cm³/mol. The molecule has 0 amide bonds. The molecule has 17 heavy (non-hydrogen) atoms. The molecule has 0 radical (unpaired) electrons. The van der Waals surface area contributed by atoms with Crippen LogP contribution in [0.2, 0.25) is 0 Å². The second kappa shape index (κ2) is 4.41. The average Bonchev–Trinajstić information content (AvgIpc) is 2.85. The average molecular weight is 234 g/mol. The molecule has 0 aliphatic carbocycles. The lowest BCUT2D eigenvalue weighted by Crippen LogP contribution is -2.03. The molecule has 2 rings (SSSR count). The molecule has 0 saturated carbocycles. The minimum atomic E-state index is -0.572. The van der Waals surface area contributed by atoms with Gasteiger partial charge in [-0.25, -0.2) is 9.18 Å². The quantitative estimate of drug-likeness (QED) is 0.749. The third-order valence-corrected chi connectivity index (χ3v) is 2.55. The van der Waals surface area contributed by atoms with E-state index in [1.54, 1.807) is 25.1 Å². The van der Waals surface area contributed by atoms with Gasteiger partial charge < -0.3 is 9.15 Å². The van der Waals surface area contributed by atoms with Crippen molar-refractivity contribution in [3.8, 4) is 11.3 Å². The second-order valence-electron chi connectivity index (χ2n) is 3.60. The summed E-state index contributed by atoms with van der Waals surface area (Å²) in [7, 11) is 1.26.